The maximum absolute atomic E-state index is 12.8. The number of hydrogen-bond donors (Lipinski definition) is 0. The van der Waals surface area contributed by atoms with Gasteiger partial charge in [0.05, 0.1) is 6.04 Å². The van der Waals surface area contributed by atoms with Gasteiger partial charge in [0.25, 0.3) is 0 Å². The Kier molecular flexibility index (Phi) is 13.4. The van der Waals surface area contributed by atoms with Crippen molar-refractivity contribution in [1.29, 1.82) is 0 Å². The molecule has 4 heteroatoms. The average Bonchev–Trinajstić information content (AvgIpc) is 2.74. The smallest absolute Gasteiger partial charge is 0.153 e. The van der Waals surface area contributed by atoms with Gasteiger partial charge in [0, 0.05) is 43.9 Å². The standard InChI is InChI=1S/C29H56N2O2/c1-20(2)26(18-28(32)21(3)4)17-25(10)12-11-24(9)13-14-30-15-16-31(23(7)8)27(19-30)29(33)22(5)6/h20-27H,11-19H2,1-10H3/t24?,25?,26?,27-/m0/s1. The Balaban J connectivity index is 2.47. The first kappa shape index (κ1) is 30.3. The summed E-state index contributed by atoms with van der Waals surface area (Å²) in [6.07, 6.45) is 5.61. The molecule has 4 nitrogen and oxygen atoms in total. The largest absolute Gasteiger partial charge is 0.300 e. The highest BCUT2D eigenvalue weighted by atomic mass is 16.1. The molecule has 0 saturated carbocycles. The van der Waals surface area contributed by atoms with Gasteiger partial charge in [-0.15, -0.1) is 0 Å². The summed E-state index contributed by atoms with van der Waals surface area (Å²) in [5, 5.41) is 0. The Morgan fingerprint density at radius 1 is 0.788 bits per heavy atom. The fraction of sp³-hybridized carbons (Fsp3) is 0.931. The van der Waals surface area contributed by atoms with Crippen LogP contribution in [0.25, 0.3) is 0 Å². The second kappa shape index (κ2) is 14.6. The summed E-state index contributed by atoms with van der Waals surface area (Å²) in [5.41, 5.74) is 0. The summed E-state index contributed by atoms with van der Waals surface area (Å²) in [4.78, 5) is 30.0. The highest BCUT2D eigenvalue weighted by Gasteiger charge is 2.34. The molecule has 194 valence electrons. The number of carbonyl (C=O) groups excluding carboxylic acids is 2. The van der Waals surface area contributed by atoms with Gasteiger partial charge in [0.1, 0.15) is 5.78 Å². The fourth-order valence-electron chi connectivity index (χ4n) is 5.15. The minimum atomic E-state index is 0.0515. The van der Waals surface area contributed by atoms with Crippen LogP contribution in [0.15, 0.2) is 0 Å². The van der Waals surface area contributed by atoms with Gasteiger partial charge in [-0.3, -0.25) is 14.5 Å². The predicted molar refractivity (Wildman–Crippen MR) is 142 cm³/mol. The van der Waals surface area contributed by atoms with E-state index in [2.05, 4.69) is 51.3 Å². The zero-order valence-corrected chi connectivity index (χ0v) is 23.7. The summed E-state index contributed by atoms with van der Waals surface area (Å²) < 4.78 is 0. The third-order valence-electron chi connectivity index (χ3n) is 7.91. The number of carbonyl (C=O) groups is 2. The molecule has 33 heavy (non-hydrogen) atoms. The lowest BCUT2D eigenvalue weighted by Gasteiger charge is -2.43. The monoisotopic (exact) mass is 464 g/mol. The van der Waals surface area contributed by atoms with E-state index >= 15 is 0 Å². The van der Waals surface area contributed by atoms with E-state index in [0.717, 1.165) is 32.6 Å². The highest BCUT2D eigenvalue weighted by Crippen LogP contribution is 2.29. The van der Waals surface area contributed by atoms with Crippen molar-refractivity contribution in [3.8, 4) is 0 Å². The van der Waals surface area contributed by atoms with Crippen LogP contribution in [0.4, 0.5) is 0 Å². The topological polar surface area (TPSA) is 40.6 Å². The first-order chi connectivity index (χ1) is 15.3. The van der Waals surface area contributed by atoms with Crippen molar-refractivity contribution in [1.82, 2.24) is 9.80 Å². The summed E-state index contributed by atoms with van der Waals surface area (Å²) in [5.74, 6) is 3.51. The molecule has 1 rings (SSSR count). The number of hydrogen-bond acceptors (Lipinski definition) is 4. The number of nitrogens with zero attached hydrogens (tertiary/aromatic N) is 2. The highest BCUT2D eigenvalue weighted by molar-refractivity contribution is 5.86. The Morgan fingerprint density at radius 3 is 1.91 bits per heavy atom. The van der Waals surface area contributed by atoms with E-state index in [-0.39, 0.29) is 17.9 Å². The van der Waals surface area contributed by atoms with Crippen LogP contribution in [0, 0.1) is 35.5 Å². The van der Waals surface area contributed by atoms with E-state index in [9.17, 15) is 9.59 Å². The van der Waals surface area contributed by atoms with Crippen molar-refractivity contribution in [2.75, 3.05) is 26.2 Å². The van der Waals surface area contributed by atoms with E-state index < -0.39 is 0 Å². The maximum atomic E-state index is 12.8. The average molecular weight is 465 g/mol. The second-order valence-electron chi connectivity index (χ2n) is 12.3. The zero-order chi connectivity index (χ0) is 25.3. The van der Waals surface area contributed by atoms with Crippen molar-refractivity contribution in [2.24, 2.45) is 35.5 Å². The third kappa shape index (κ3) is 10.6. The molecule has 0 aromatic rings. The normalized spacial score (nSPS) is 21.2. The molecule has 1 fully saturated rings. The lowest BCUT2D eigenvalue weighted by Crippen LogP contribution is -2.59. The molecule has 1 aliphatic rings. The van der Waals surface area contributed by atoms with Gasteiger partial charge in [-0.2, -0.15) is 0 Å². The van der Waals surface area contributed by atoms with Crippen LogP contribution in [0.5, 0.6) is 0 Å². The number of ketones is 2. The maximum Gasteiger partial charge on any atom is 0.153 e. The molecule has 4 atom stereocenters. The Hall–Kier alpha value is -0.740. The van der Waals surface area contributed by atoms with Gasteiger partial charge >= 0.3 is 0 Å². The zero-order valence-electron chi connectivity index (χ0n) is 23.7. The molecule has 0 radical (unpaired) electrons. The number of rotatable bonds is 15. The fourth-order valence-corrected chi connectivity index (χ4v) is 5.15. The molecule has 1 saturated heterocycles. The van der Waals surface area contributed by atoms with Crippen LogP contribution in [-0.4, -0.2) is 59.6 Å². The summed E-state index contributed by atoms with van der Waals surface area (Å²) >= 11 is 0. The molecule has 0 aliphatic carbocycles. The Labute approximate surface area is 206 Å². The summed E-state index contributed by atoms with van der Waals surface area (Å²) in [6.45, 7) is 25.9. The van der Waals surface area contributed by atoms with Crippen molar-refractivity contribution >= 4 is 11.6 Å². The van der Waals surface area contributed by atoms with Crippen molar-refractivity contribution in [3.05, 3.63) is 0 Å². The third-order valence-corrected chi connectivity index (χ3v) is 7.91. The predicted octanol–water partition coefficient (Wildman–Crippen LogP) is 6.33. The van der Waals surface area contributed by atoms with E-state index in [1.165, 1.54) is 25.7 Å². The molecular weight excluding hydrogens is 408 g/mol. The van der Waals surface area contributed by atoms with E-state index in [4.69, 9.17) is 0 Å². The first-order valence-corrected chi connectivity index (χ1v) is 13.9. The first-order valence-electron chi connectivity index (χ1n) is 13.9. The van der Waals surface area contributed by atoms with Crippen molar-refractivity contribution in [2.45, 2.75) is 113 Å². The second-order valence-corrected chi connectivity index (χ2v) is 12.3. The van der Waals surface area contributed by atoms with E-state index in [1.54, 1.807) is 0 Å². The lowest BCUT2D eigenvalue weighted by atomic mass is 9.80. The Morgan fingerprint density at radius 2 is 1.39 bits per heavy atom. The number of piperazine rings is 1. The summed E-state index contributed by atoms with van der Waals surface area (Å²) in [6, 6.07) is 0.473. The molecule has 0 bridgehead atoms. The lowest BCUT2D eigenvalue weighted by molar-refractivity contribution is -0.130. The van der Waals surface area contributed by atoms with Crippen LogP contribution < -0.4 is 0 Å². The molecule has 0 N–H and O–H groups in total. The minimum absolute atomic E-state index is 0.0515. The molecule has 1 aliphatic heterocycles. The number of Topliss-reactive ketones (excluding diaryl/α,β-unsaturated/α-hetero) is 2. The van der Waals surface area contributed by atoms with Crippen LogP contribution in [0.1, 0.15) is 101 Å². The van der Waals surface area contributed by atoms with Crippen LogP contribution in [0.2, 0.25) is 0 Å². The van der Waals surface area contributed by atoms with Gasteiger partial charge in [-0.25, -0.2) is 0 Å². The molecule has 1 heterocycles. The van der Waals surface area contributed by atoms with E-state index in [0.29, 0.717) is 41.3 Å². The molecule has 0 spiro atoms. The van der Waals surface area contributed by atoms with Crippen molar-refractivity contribution in [3.63, 3.8) is 0 Å². The molecule has 0 aromatic heterocycles. The molecule has 0 aromatic carbocycles. The van der Waals surface area contributed by atoms with Crippen LogP contribution >= 0.6 is 0 Å². The van der Waals surface area contributed by atoms with Gasteiger partial charge in [0.15, 0.2) is 5.78 Å². The van der Waals surface area contributed by atoms with E-state index in [1.807, 2.05) is 27.7 Å². The van der Waals surface area contributed by atoms with Crippen molar-refractivity contribution < 1.29 is 9.59 Å². The van der Waals surface area contributed by atoms with Crippen LogP contribution in [-0.2, 0) is 9.59 Å². The van der Waals surface area contributed by atoms with Gasteiger partial charge in [-0.1, -0.05) is 68.2 Å². The minimum Gasteiger partial charge on any atom is -0.300 e. The van der Waals surface area contributed by atoms with Gasteiger partial charge in [0.2, 0.25) is 0 Å². The van der Waals surface area contributed by atoms with Gasteiger partial charge in [-0.05, 0) is 56.9 Å². The molecular formula is C29H56N2O2. The Bertz CT molecular complexity index is 584. The molecule has 3 unspecified atom stereocenters. The summed E-state index contributed by atoms with van der Waals surface area (Å²) in [7, 11) is 0. The van der Waals surface area contributed by atoms with Crippen LogP contribution in [0.3, 0.4) is 0 Å². The molecule has 0 amide bonds. The quantitative estimate of drug-likeness (QED) is 0.284. The van der Waals surface area contributed by atoms with Gasteiger partial charge < -0.3 is 4.90 Å². The SMILES string of the molecule is CC(CCC(C)CC(CC(=O)C(C)C)C(C)C)CCN1CCN(C(C)C)[C@H](C(=O)C(C)C)C1.